The van der Waals surface area contributed by atoms with Gasteiger partial charge in [-0.1, -0.05) is 70.8 Å². The molecule has 0 spiro atoms. The summed E-state index contributed by atoms with van der Waals surface area (Å²) in [6.07, 6.45) is 30.0. The smallest absolute Gasteiger partial charge is 0.0716 e. The molecule has 0 bridgehead atoms. The molecule has 0 aliphatic heterocycles. The molecule has 0 N–H and O–H groups in total. The Morgan fingerprint density at radius 1 is 0.541 bits per heavy atom. The molecule has 0 heterocycles. The zero-order valence-electron chi connectivity index (χ0n) is 26.0. The van der Waals surface area contributed by atoms with Gasteiger partial charge in [-0.3, -0.25) is 8.37 Å². The molecule has 0 aliphatic rings. The molecule has 0 saturated carbocycles. The van der Waals surface area contributed by atoms with Gasteiger partial charge in [-0.15, -0.1) is 0 Å². The SMILES string of the molecule is CCCCC/C=C\CCCOS(C)(CCCCN(C)CCCN(C)CC)OCCC/C=C\CCCCC. The van der Waals surface area contributed by atoms with E-state index in [0.29, 0.717) is 0 Å². The standard InChI is InChI=1S/C32H66N2O2S/c1-7-10-12-14-16-18-20-23-30-35-37(6,36-31-24-21-19-17-15-13-11-8-2)32-25-22-27-34(5)29-26-28-33(4)9-3/h16-19H,7-15,20-32H2,1-6H3/b18-16-,19-17-. The highest BCUT2D eigenvalue weighted by Crippen LogP contribution is 2.47. The minimum absolute atomic E-state index is 0.813. The third-order valence-corrected chi connectivity index (χ3v) is 9.26. The molecular weight excluding hydrogens is 476 g/mol. The molecule has 0 aliphatic carbocycles. The van der Waals surface area contributed by atoms with Crippen LogP contribution in [-0.4, -0.2) is 75.3 Å². The average molecular weight is 543 g/mol. The van der Waals surface area contributed by atoms with Crippen LogP contribution in [0.15, 0.2) is 24.3 Å². The van der Waals surface area contributed by atoms with Crippen LogP contribution in [0, 0.1) is 0 Å². The maximum atomic E-state index is 6.45. The number of unbranched alkanes of at least 4 members (excludes halogenated alkanes) is 9. The van der Waals surface area contributed by atoms with Gasteiger partial charge in [0, 0.05) is 12.0 Å². The van der Waals surface area contributed by atoms with Gasteiger partial charge in [0.2, 0.25) is 0 Å². The van der Waals surface area contributed by atoms with Gasteiger partial charge < -0.3 is 9.80 Å². The van der Waals surface area contributed by atoms with E-state index in [1.165, 1.54) is 83.7 Å². The summed E-state index contributed by atoms with van der Waals surface area (Å²) in [4.78, 5) is 4.87. The Balaban J connectivity index is 4.33. The lowest BCUT2D eigenvalue weighted by molar-refractivity contribution is 0.252. The van der Waals surface area contributed by atoms with Crippen LogP contribution in [0.4, 0.5) is 0 Å². The van der Waals surface area contributed by atoms with E-state index in [0.717, 1.165) is 57.7 Å². The van der Waals surface area contributed by atoms with E-state index in [1.54, 1.807) is 0 Å². The lowest BCUT2D eigenvalue weighted by Crippen LogP contribution is -2.26. The lowest BCUT2D eigenvalue weighted by atomic mass is 10.2. The van der Waals surface area contributed by atoms with Crippen molar-refractivity contribution in [1.29, 1.82) is 0 Å². The first-order chi connectivity index (χ1) is 18.0. The Hall–Kier alpha value is -0.330. The van der Waals surface area contributed by atoms with E-state index < -0.39 is 10.6 Å². The van der Waals surface area contributed by atoms with E-state index in [-0.39, 0.29) is 0 Å². The van der Waals surface area contributed by atoms with Crippen LogP contribution < -0.4 is 0 Å². The summed E-state index contributed by atoms with van der Waals surface area (Å²) in [7, 11) is 3.01. The summed E-state index contributed by atoms with van der Waals surface area (Å²) in [5, 5.41) is 0. The van der Waals surface area contributed by atoms with Crippen molar-refractivity contribution in [2.45, 2.75) is 117 Å². The van der Waals surface area contributed by atoms with Gasteiger partial charge in [-0.05, 0) is 111 Å². The summed E-state index contributed by atoms with van der Waals surface area (Å²) in [6, 6.07) is 0. The van der Waals surface area contributed by atoms with E-state index >= 15 is 0 Å². The first-order valence-electron chi connectivity index (χ1n) is 15.7. The third kappa shape index (κ3) is 25.7. The topological polar surface area (TPSA) is 24.9 Å². The zero-order valence-corrected chi connectivity index (χ0v) is 26.8. The number of rotatable bonds is 28. The molecule has 222 valence electrons. The first kappa shape index (κ1) is 36.7. The summed E-state index contributed by atoms with van der Waals surface area (Å²) in [5.41, 5.74) is 0. The minimum atomic E-state index is -1.45. The highest BCUT2D eigenvalue weighted by atomic mass is 32.3. The van der Waals surface area contributed by atoms with Crippen LogP contribution in [0.25, 0.3) is 0 Å². The van der Waals surface area contributed by atoms with Crippen molar-refractivity contribution in [3.63, 3.8) is 0 Å². The maximum absolute atomic E-state index is 6.45. The van der Waals surface area contributed by atoms with E-state index in [2.05, 4.69) is 75.2 Å². The number of allylic oxidation sites excluding steroid dienone is 4. The van der Waals surface area contributed by atoms with Gasteiger partial charge in [0.1, 0.15) is 0 Å². The molecule has 0 saturated heterocycles. The molecule has 4 nitrogen and oxygen atoms in total. The van der Waals surface area contributed by atoms with Gasteiger partial charge in [0.05, 0.1) is 13.2 Å². The van der Waals surface area contributed by atoms with Crippen molar-refractivity contribution in [1.82, 2.24) is 9.80 Å². The first-order valence-corrected chi connectivity index (χ1v) is 17.7. The fourth-order valence-electron chi connectivity index (χ4n) is 4.15. The number of nitrogens with zero attached hydrogens (tertiary/aromatic N) is 2. The highest BCUT2D eigenvalue weighted by molar-refractivity contribution is 8.25. The van der Waals surface area contributed by atoms with Crippen LogP contribution in [0.2, 0.25) is 0 Å². The Morgan fingerprint density at radius 3 is 1.49 bits per heavy atom. The molecular formula is C32H66N2O2S. The Morgan fingerprint density at radius 2 is 1.00 bits per heavy atom. The predicted octanol–water partition coefficient (Wildman–Crippen LogP) is 9.17. The molecule has 0 aromatic carbocycles. The largest absolute Gasteiger partial charge is 0.307 e. The predicted molar refractivity (Wildman–Crippen MR) is 170 cm³/mol. The van der Waals surface area contributed by atoms with Crippen molar-refractivity contribution in [2.24, 2.45) is 0 Å². The van der Waals surface area contributed by atoms with E-state index in [4.69, 9.17) is 8.37 Å². The van der Waals surface area contributed by atoms with Gasteiger partial charge in [0.25, 0.3) is 0 Å². The molecule has 0 radical (unpaired) electrons. The second kappa shape index (κ2) is 27.2. The van der Waals surface area contributed by atoms with Crippen molar-refractivity contribution >= 4 is 10.6 Å². The van der Waals surface area contributed by atoms with E-state index in [1.807, 2.05) is 0 Å². The normalized spacial score (nSPS) is 13.2. The van der Waals surface area contributed by atoms with Crippen molar-refractivity contribution < 1.29 is 8.37 Å². The maximum Gasteiger partial charge on any atom is 0.0716 e. The van der Waals surface area contributed by atoms with Crippen molar-refractivity contribution in [3.8, 4) is 0 Å². The minimum Gasteiger partial charge on any atom is -0.307 e. The van der Waals surface area contributed by atoms with E-state index in [9.17, 15) is 0 Å². The third-order valence-electron chi connectivity index (χ3n) is 6.90. The average Bonchev–Trinajstić information content (AvgIpc) is 2.89. The van der Waals surface area contributed by atoms with Crippen LogP contribution in [0.1, 0.15) is 117 Å². The van der Waals surface area contributed by atoms with Crippen LogP contribution >= 0.6 is 10.6 Å². The lowest BCUT2D eigenvalue weighted by Gasteiger charge is -2.40. The van der Waals surface area contributed by atoms with Gasteiger partial charge in [-0.2, -0.15) is 10.6 Å². The second-order valence-electron chi connectivity index (χ2n) is 10.8. The van der Waals surface area contributed by atoms with Crippen molar-refractivity contribution in [3.05, 3.63) is 24.3 Å². The zero-order chi connectivity index (χ0) is 27.5. The summed E-state index contributed by atoms with van der Waals surface area (Å²) >= 11 is 0. The molecule has 0 fully saturated rings. The summed E-state index contributed by atoms with van der Waals surface area (Å²) < 4.78 is 12.9. The Bertz CT molecular complexity index is 499. The Labute approximate surface area is 235 Å². The molecule has 0 atom stereocenters. The number of hydrogen-bond donors (Lipinski definition) is 0. The van der Waals surface area contributed by atoms with Crippen LogP contribution in [-0.2, 0) is 8.37 Å². The fourth-order valence-corrected chi connectivity index (χ4v) is 6.12. The quantitative estimate of drug-likeness (QED) is 0.0726. The molecule has 0 unspecified atom stereocenters. The summed E-state index contributed by atoms with van der Waals surface area (Å²) in [5.74, 6) is 1.05. The van der Waals surface area contributed by atoms with Crippen LogP contribution in [0.5, 0.6) is 0 Å². The van der Waals surface area contributed by atoms with Crippen molar-refractivity contribution in [2.75, 3.05) is 65.5 Å². The molecule has 0 aromatic rings. The molecule has 0 amide bonds. The molecule has 5 heteroatoms. The van der Waals surface area contributed by atoms with Gasteiger partial charge >= 0.3 is 0 Å². The summed E-state index contributed by atoms with van der Waals surface area (Å²) in [6.45, 7) is 13.0. The molecule has 0 aromatic heterocycles. The molecule has 37 heavy (non-hydrogen) atoms. The fraction of sp³-hybridized carbons (Fsp3) is 0.875. The van der Waals surface area contributed by atoms with Gasteiger partial charge in [0.15, 0.2) is 0 Å². The van der Waals surface area contributed by atoms with Gasteiger partial charge in [-0.25, -0.2) is 0 Å². The molecule has 0 rings (SSSR count). The Kier molecular flexibility index (Phi) is 27.0. The highest BCUT2D eigenvalue weighted by Gasteiger charge is 2.15. The number of hydrogen-bond acceptors (Lipinski definition) is 4. The monoisotopic (exact) mass is 542 g/mol. The second-order valence-corrected chi connectivity index (χ2v) is 13.5. The van der Waals surface area contributed by atoms with Crippen LogP contribution in [0.3, 0.4) is 0 Å².